The van der Waals surface area contributed by atoms with Gasteiger partial charge in [0.25, 0.3) is 0 Å². The van der Waals surface area contributed by atoms with Crippen LogP contribution in [0.4, 0.5) is 0 Å². The van der Waals surface area contributed by atoms with E-state index in [0.29, 0.717) is 13.0 Å². The van der Waals surface area contributed by atoms with E-state index in [1.54, 1.807) is 18.6 Å². The fraction of sp³-hybridized carbons (Fsp3) is 0.115. The number of amides is 1. The number of carbonyl (C=O) groups excluding carboxylic acids is 1. The molecule has 0 bridgehead atoms. The highest BCUT2D eigenvalue weighted by Crippen LogP contribution is 2.27. The number of hydrogen-bond acceptors (Lipinski definition) is 3. The Hall–Kier alpha value is -3.79. The van der Waals surface area contributed by atoms with E-state index in [0.717, 1.165) is 27.9 Å². The Kier molecular flexibility index (Phi) is 6.25. The lowest BCUT2D eigenvalue weighted by atomic mass is 9.88. The van der Waals surface area contributed by atoms with Crippen LogP contribution in [0.1, 0.15) is 29.0 Å². The first-order valence-electron chi connectivity index (χ1n) is 10.0. The molecule has 4 nitrogen and oxygen atoms in total. The number of benzene rings is 2. The van der Waals surface area contributed by atoms with Crippen LogP contribution in [-0.2, 0) is 11.3 Å². The van der Waals surface area contributed by atoms with Crippen LogP contribution < -0.4 is 5.32 Å². The molecule has 0 saturated carbocycles. The molecule has 4 aromatic rings. The number of hydrogen-bond donors (Lipinski definition) is 1. The maximum Gasteiger partial charge on any atom is 0.221 e. The zero-order chi connectivity index (χ0) is 20.6. The van der Waals surface area contributed by atoms with Gasteiger partial charge in [-0.05, 0) is 34.9 Å². The number of nitrogens with one attached hydrogen (secondary N) is 1. The number of carbonyl (C=O) groups is 1. The molecule has 1 amide bonds. The standard InChI is InChI=1S/C26H23N3O/c30-26(16-24(21-8-3-1-4-9-21)22-10-5-2-6-11-22)29-18-20-13-14-25(28-17-20)23-12-7-15-27-19-23/h1-15,17,19,24H,16,18H2,(H,29,30). The zero-order valence-corrected chi connectivity index (χ0v) is 16.6. The smallest absolute Gasteiger partial charge is 0.221 e. The van der Waals surface area contributed by atoms with E-state index in [4.69, 9.17) is 0 Å². The van der Waals surface area contributed by atoms with E-state index >= 15 is 0 Å². The second-order valence-corrected chi connectivity index (χ2v) is 7.15. The summed E-state index contributed by atoms with van der Waals surface area (Å²) in [6.45, 7) is 0.454. The third-order valence-electron chi connectivity index (χ3n) is 5.07. The molecular weight excluding hydrogens is 370 g/mol. The summed E-state index contributed by atoms with van der Waals surface area (Å²) in [4.78, 5) is 21.3. The number of pyridine rings is 2. The predicted molar refractivity (Wildman–Crippen MR) is 119 cm³/mol. The Morgan fingerprint density at radius 3 is 2.07 bits per heavy atom. The van der Waals surface area contributed by atoms with Gasteiger partial charge in [0.2, 0.25) is 5.91 Å². The summed E-state index contributed by atoms with van der Waals surface area (Å²) in [5.74, 6) is 0.0440. The Morgan fingerprint density at radius 2 is 1.50 bits per heavy atom. The molecule has 0 aliphatic carbocycles. The van der Waals surface area contributed by atoms with Gasteiger partial charge in [0.1, 0.15) is 0 Å². The predicted octanol–water partition coefficient (Wildman–Crippen LogP) is 4.98. The second-order valence-electron chi connectivity index (χ2n) is 7.15. The van der Waals surface area contributed by atoms with Crippen LogP contribution in [0.15, 0.2) is 104 Å². The van der Waals surface area contributed by atoms with Crippen LogP contribution in [0, 0.1) is 0 Å². The van der Waals surface area contributed by atoms with Crippen LogP contribution in [0.5, 0.6) is 0 Å². The highest BCUT2D eigenvalue weighted by atomic mass is 16.1. The third-order valence-corrected chi connectivity index (χ3v) is 5.07. The van der Waals surface area contributed by atoms with Crippen LogP contribution in [0.3, 0.4) is 0 Å². The van der Waals surface area contributed by atoms with E-state index in [1.807, 2.05) is 60.7 Å². The average Bonchev–Trinajstić information content (AvgIpc) is 2.83. The molecule has 2 aromatic carbocycles. The van der Waals surface area contributed by atoms with Crippen molar-refractivity contribution in [2.45, 2.75) is 18.9 Å². The Balaban J connectivity index is 1.40. The van der Waals surface area contributed by atoms with Crippen LogP contribution in [0.2, 0.25) is 0 Å². The first-order chi connectivity index (χ1) is 14.8. The van der Waals surface area contributed by atoms with Gasteiger partial charge in [-0.2, -0.15) is 0 Å². The van der Waals surface area contributed by atoms with E-state index in [2.05, 4.69) is 39.6 Å². The molecule has 2 heterocycles. The summed E-state index contributed by atoms with van der Waals surface area (Å²) >= 11 is 0. The fourth-order valence-electron chi connectivity index (χ4n) is 3.47. The molecule has 0 aliphatic rings. The molecule has 1 N–H and O–H groups in total. The van der Waals surface area contributed by atoms with Crippen molar-refractivity contribution in [3.63, 3.8) is 0 Å². The minimum atomic E-state index is 0.0176. The van der Waals surface area contributed by atoms with E-state index in [1.165, 1.54) is 0 Å². The molecule has 0 aliphatic heterocycles. The summed E-state index contributed by atoms with van der Waals surface area (Å²) in [7, 11) is 0. The van der Waals surface area contributed by atoms with Crippen molar-refractivity contribution in [2.24, 2.45) is 0 Å². The summed E-state index contributed by atoms with van der Waals surface area (Å²) in [6, 6.07) is 28.1. The summed E-state index contributed by atoms with van der Waals surface area (Å²) < 4.78 is 0. The molecule has 148 valence electrons. The van der Waals surface area contributed by atoms with Crippen LogP contribution in [-0.4, -0.2) is 15.9 Å². The Labute approximate surface area is 176 Å². The van der Waals surface area contributed by atoms with Gasteiger partial charge >= 0.3 is 0 Å². The van der Waals surface area contributed by atoms with E-state index < -0.39 is 0 Å². The van der Waals surface area contributed by atoms with Gasteiger partial charge in [-0.25, -0.2) is 0 Å². The first-order valence-corrected chi connectivity index (χ1v) is 10.0. The summed E-state index contributed by atoms with van der Waals surface area (Å²) in [6.07, 6.45) is 5.73. The monoisotopic (exact) mass is 393 g/mol. The lowest BCUT2D eigenvalue weighted by molar-refractivity contribution is -0.121. The highest BCUT2D eigenvalue weighted by molar-refractivity contribution is 5.77. The number of rotatable bonds is 7. The van der Waals surface area contributed by atoms with Crippen molar-refractivity contribution in [1.82, 2.24) is 15.3 Å². The van der Waals surface area contributed by atoms with Gasteiger partial charge in [-0.1, -0.05) is 66.7 Å². The summed E-state index contributed by atoms with van der Waals surface area (Å²) in [5, 5.41) is 3.04. The second kappa shape index (κ2) is 9.61. The molecule has 2 aromatic heterocycles. The van der Waals surface area contributed by atoms with Crippen molar-refractivity contribution in [2.75, 3.05) is 0 Å². The van der Waals surface area contributed by atoms with Gasteiger partial charge in [0, 0.05) is 43.0 Å². The van der Waals surface area contributed by atoms with Gasteiger partial charge in [0.15, 0.2) is 0 Å². The Bertz CT molecular complexity index is 1030. The molecule has 0 saturated heterocycles. The quantitative estimate of drug-likeness (QED) is 0.482. The minimum Gasteiger partial charge on any atom is -0.352 e. The fourth-order valence-corrected chi connectivity index (χ4v) is 3.47. The molecule has 4 rings (SSSR count). The number of aromatic nitrogens is 2. The Morgan fingerprint density at radius 1 is 0.800 bits per heavy atom. The maximum atomic E-state index is 12.7. The topological polar surface area (TPSA) is 54.9 Å². The van der Waals surface area contributed by atoms with Gasteiger partial charge in [-0.3, -0.25) is 14.8 Å². The molecule has 0 fully saturated rings. The zero-order valence-electron chi connectivity index (χ0n) is 16.6. The maximum absolute atomic E-state index is 12.7. The van der Waals surface area contributed by atoms with E-state index in [-0.39, 0.29) is 11.8 Å². The molecule has 0 atom stereocenters. The summed E-state index contributed by atoms with van der Waals surface area (Å²) in [5.41, 5.74) is 5.09. The van der Waals surface area contributed by atoms with Crippen molar-refractivity contribution in [3.05, 3.63) is 120 Å². The molecule has 0 radical (unpaired) electrons. The first kappa shape index (κ1) is 19.5. The SMILES string of the molecule is O=C(CC(c1ccccc1)c1ccccc1)NCc1ccc(-c2cccnc2)nc1. The average molecular weight is 393 g/mol. The van der Waals surface area contributed by atoms with Crippen molar-refractivity contribution in [1.29, 1.82) is 0 Å². The van der Waals surface area contributed by atoms with Crippen LogP contribution in [0.25, 0.3) is 11.3 Å². The largest absolute Gasteiger partial charge is 0.352 e. The van der Waals surface area contributed by atoms with Crippen molar-refractivity contribution in [3.8, 4) is 11.3 Å². The molecular formula is C26H23N3O. The molecule has 0 unspecified atom stereocenters. The minimum absolute atomic E-state index is 0.0176. The van der Waals surface area contributed by atoms with E-state index in [9.17, 15) is 4.79 Å². The van der Waals surface area contributed by atoms with Crippen molar-refractivity contribution >= 4 is 5.91 Å². The van der Waals surface area contributed by atoms with Gasteiger partial charge < -0.3 is 5.32 Å². The lowest BCUT2D eigenvalue weighted by Gasteiger charge is -2.18. The molecule has 4 heteroatoms. The molecule has 30 heavy (non-hydrogen) atoms. The molecule has 0 spiro atoms. The van der Waals surface area contributed by atoms with Crippen molar-refractivity contribution < 1.29 is 4.79 Å². The van der Waals surface area contributed by atoms with Crippen LogP contribution >= 0.6 is 0 Å². The normalized spacial score (nSPS) is 10.7. The highest BCUT2D eigenvalue weighted by Gasteiger charge is 2.17. The lowest BCUT2D eigenvalue weighted by Crippen LogP contribution is -2.25. The number of nitrogens with zero attached hydrogens (tertiary/aromatic N) is 2. The third kappa shape index (κ3) is 4.97. The van der Waals surface area contributed by atoms with Gasteiger partial charge in [0.05, 0.1) is 5.69 Å². The van der Waals surface area contributed by atoms with Gasteiger partial charge in [-0.15, -0.1) is 0 Å².